The van der Waals surface area contributed by atoms with Gasteiger partial charge in [-0.25, -0.2) is 4.39 Å². The Morgan fingerprint density at radius 1 is 1.11 bits per heavy atom. The van der Waals surface area contributed by atoms with E-state index < -0.39 is 11.4 Å². The first-order valence-electron chi connectivity index (χ1n) is 10.4. The van der Waals surface area contributed by atoms with Crippen molar-refractivity contribution in [2.75, 3.05) is 19.6 Å². The summed E-state index contributed by atoms with van der Waals surface area (Å²) in [6.07, 6.45) is 7.94. The maximum absolute atomic E-state index is 13.8. The fourth-order valence-electron chi connectivity index (χ4n) is 4.41. The van der Waals surface area contributed by atoms with Gasteiger partial charge >= 0.3 is 0 Å². The van der Waals surface area contributed by atoms with Gasteiger partial charge in [-0.05, 0) is 56.3 Å². The van der Waals surface area contributed by atoms with E-state index >= 15 is 0 Å². The van der Waals surface area contributed by atoms with E-state index in [-0.39, 0.29) is 5.02 Å². The highest BCUT2D eigenvalue weighted by Gasteiger charge is 2.34. The number of rotatable bonds is 5. The normalized spacial score (nSPS) is 20.0. The Kier molecular flexibility index (Phi) is 5.99. The van der Waals surface area contributed by atoms with Gasteiger partial charge in [-0.1, -0.05) is 24.1 Å². The van der Waals surface area contributed by atoms with E-state index in [2.05, 4.69) is 19.7 Å². The quantitative estimate of drug-likeness (QED) is 0.822. The van der Waals surface area contributed by atoms with Crippen molar-refractivity contribution in [1.82, 2.24) is 19.7 Å². The first-order chi connectivity index (χ1) is 13.5. The number of benzene rings is 1. The van der Waals surface area contributed by atoms with Gasteiger partial charge in [0.2, 0.25) is 0 Å². The van der Waals surface area contributed by atoms with E-state index in [4.69, 9.17) is 11.6 Å². The Morgan fingerprint density at radius 2 is 1.93 bits per heavy atom. The molecule has 0 atom stereocenters. The van der Waals surface area contributed by atoms with Crippen molar-refractivity contribution in [3.63, 3.8) is 0 Å². The minimum absolute atomic E-state index is 0.0937. The molecule has 0 bridgehead atoms. The van der Waals surface area contributed by atoms with Crippen LogP contribution in [0.2, 0.25) is 5.02 Å². The predicted octanol–water partition coefficient (Wildman–Crippen LogP) is 3.71. The number of hydrogen-bond donors (Lipinski definition) is 1. The fourth-order valence-corrected chi connectivity index (χ4v) is 4.53. The second kappa shape index (κ2) is 8.47. The summed E-state index contributed by atoms with van der Waals surface area (Å²) in [4.78, 5) is 2.38. The highest BCUT2D eigenvalue weighted by atomic mass is 35.5. The molecule has 152 valence electrons. The van der Waals surface area contributed by atoms with Gasteiger partial charge < -0.3 is 14.6 Å². The third-order valence-corrected chi connectivity index (χ3v) is 6.51. The molecule has 1 saturated heterocycles. The van der Waals surface area contributed by atoms with Crippen LogP contribution in [0.15, 0.2) is 18.2 Å². The monoisotopic (exact) mass is 406 g/mol. The van der Waals surface area contributed by atoms with Crippen LogP contribution in [0.3, 0.4) is 0 Å². The molecule has 2 aromatic rings. The number of aryl methyl sites for hydroxylation is 2. The van der Waals surface area contributed by atoms with Gasteiger partial charge in [-0.2, -0.15) is 0 Å². The number of halogens is 2. The molecule has 0 spiro atoms. The Balaban J connectivity index is 1.28. The molecule has 1 fully saturated rings. The van der Waals surface area contributed by atoms with E-state index in [0.29, 0.717) is 18.4 Å². The number of aromatic nitrogens is 3. The summed E-state index contributed by atoms with van der Waals surface area (Å²) >= 11 is 5.76. The van der Waals surface area contributed by atoms with Crippen molar-refractivity contribution >= 4 is 11.6 Å². The predicted molar refractivity (Wildman–Crippen MR) is 107 cm³/mol. The summed E-state index contributed by atoms with van der Waals surface area (Å²) in [5, 5.41) is 19.8. The third kappa shape index (κ3) is 4.24. The molecule has 5 nitrogen and oxygen atoms in total. The van der Waals surface area contributed by atoms with Crippen LogP contribution < -0.4 is 0 Å². The second-order valence-electron chi connectivity index (χ2n) is 8.10. The highest BCUT2D eigenvalue weighted by Crippen LogP contribution is 2.34. The number of piperidine rings is 1. The second-order valence-corrected chi connectivity index (χ2v) is 8.51. The SMILES string of the molecule is OC1(c2ccc(Cl)c(F)c2)CCN(CCCc2nnc3n2CCCCC3)CC1. The van der Waals surface area contributed by atoms with Crippen molar-refractivity contribution in [2.24, 2.45) is 0 Å². The third-order valence-electron chi connectivity index (χ3n) is 6.20. The number of likely N-dealkylation sites (tertiary alicyclic amines) is 1. The first kappa shape index (κ1) is 19.8. The molecule has 1 aromatic heterocycles. The van der Waals surface area contributed by atoms with Crippen LogP contribution in [0.25, 0.3) is 0 Å². The number of fused-ring (bicyclic) bond motifs is 1. The molecule has 4 rings (SSSR count). The Hall–Kier alpha value is -1.50. The maximum Gasteiger partial charge on any atom is 0.142 e. The van der Waals surface area contributed by atoms with Crippen molar-refractivity contribution in [1.29, 1.82) is 0 Å². The van der Waals surface area contributed by atoms with Crippen molar-refractivity contribution in [2.45, 2.75) is 63.5 Å². The van der Waals surface area contributed by atoms with Crippen molar-refractivity contribution in [3.05, 3.63) is 46.3 Å². The molecule has 0 amide bonds. The van der Waals surface area contributed by atoms with Crippen LogP contribution in [0.5, 0.6) is 0 Å². The number of nitrogens with zero attached hydrogens (tertiary/aromatic N) is 4. The van der Waals surface area contributed by atoms with Crippen LogP contribution in [-0.4, -0.2) is 44.4 Å². The molecule has 0 aliphatic carbocycles. The molecule has 1 N–H and O–H groups in total. The lowest BCUT2D eigenvalue weighted by molar-refractivity contribution is -0.0262. The standard InChI is InChI=1S/C21H28ClFN4O/c22-17-8-7-16(15-18(17)23)21(28)9-13-26(14-10-21)11-4-6-20-25-24-19-5-2-1-3-12-27(19)20/h7-8,15,28H,1-6,9-14H2. The van der Waals surface area contributed by atoms with E-state index in [9.17, 15) is 9.50 Å². The topological polar surface area (TPSA) is 54.2 Å². The fraction of sp³-hybridized carbons (Fsp3) is 0.619. The molecule has 1 aromatic carbocycles. The zero-order valence-electron chi connectivity index (χ0n) is 16.2. The van der Waals surface area contributed by atoms with Crippen LogP contribution in [0.1, 0.15) is 55.7 Å². The van der Waals surface area contributed by atoms with Gasteiger partial charge in [0.1, 0.15) is 17.5 Å². The Bertz CT molecular complexity index is 817. The minimum atomic E-state index is -0.966. The van der Waals surface area contributed by atoms with Crippen molar-refractivity contribution < 1.29 is 9.50 Å². The summed E-state index contributed by atoms with van der Waals surface area (Å²) in [6, 6.07) is 4.63. The average Bonchev–Trinajstić information content (AvgIpc) is 2.92. The van der Waals surface area contributed by atoms with E-state index in [0.717, 1.165) is 57.1 Å². The average molecular weight is 407 g/mol. The van der Waals surface area contributed by atoms with Crippen LogP contribution in [0.4, 0.5) is 4.39 Å². The van der Waals surface area contributed by atoms with Gasteiger partial charge in [0.05, 0.1) is 10.6 Å². The molecule has 3 heterocycles. The zero-order chi connectivity index (χ0) is 19.6. The van der Waals surface area contributed by atoms with Gasteiger partial charge in [0.15, 0.2) is 0 Å². The summed E-state index contributed by atoms with van der Waals surface area (Å²) < 4.78 is 16.1. The van der Waals surface area contributed by atoms with Gasteiger partial charge in [-0.3, -0.25) is 0 Å². The Morgan fingerprint density at radius 3 is 2.71 bits per heavy atom. The maximum atomic E-state index is 13.8. The first-order valence-corrected chi connectivity index (χ1v) is 10.7. The molecular weight excluding hydrogens is 379 g/mol. The summed E-state index contributed by atoms with van der Waals surface area (Å²) in [6.45, 7) is 3.64. The van der Waals surface area contributed by atoms with E-state index in [1.807, 2.05) is 0 Å². The highest BCUT2D eigenvalue weighted by molar-refractivity contribution is 6.30. The molecule has 28 heavy (non-hydrogen) atoms. The largest absolute Gasteiger partial charge is 0.385 e. The lowest BCUT2D eigenvalue weighted by Crippen LogP contribution is -2.43. The Labute approximate surface area is 170 Å². The van der Waals surface area contributed by atoms with Crippen LogP contribution in [-0.2, 0) is 25.0 Å². The van der Waals surface area contributed by atoms with Gasteiger partial charge in [0, 0.05) is 32.5 Å². The molecule has 2 aliphatic rings. The van der Waals surface area contributed by atoms with Gasteiger partial charge in [-0.15, -0.1) is 10.2 Å². The summed E-state index contributed by atoms with van der Waals surface area (Å²) in [5.74, 6) is 1.79. The molecule has 7 heteroatoms. The number of aliphatic hydroxyl groups is 1. The zero-order valence-corrected chi connectivity index (χ0v) is 17.0. The van der Waals surface area contributed by atoms with Crippen LogP contribution >= 0.6 is 11.6 Å². The molecule has 0 radical (unpaired) electrons. The molecule has 2 aliphatic heterocycles. The smallest absolute Gasteiger partial charge is 0.142 e. The van der Waals surface area contributed by atoms with Gasteiger partial charge in [0.25, 0.3) is 0 Å². The lowest BCUT2D eigenvalue weighted by atomic mass is 9.84. The van der Waals surface area contributed by atoms with Crippen LogP contribution in [0, 0.1) is 5.82 Å². The minimum Gasteiger partial charge on any atom is -0.385 e. The number of hydrogen-bond acceptors (Lipinski definition) is 4. The van der Waals surface area contributed by atoms with E-state index in [1.165, 1.54) is 31.4 Å². The molecule has 0 unspecified atom stereocenters. The summed E-state index contributed by atoms with van der Waals surface area (Å²) in [5.41, 5.74) is -0.341. The molecular formula is C21H28ClFN4O. The van der Waals surface area contributed by atoms with Crippen molar-refractivity contribution in [3.8, 4) is 0 Å². The summed E-state index contributed by atoms with van der Waals surface area (Å²) in [7, 11) is 0. The lowest BCUT2D eigenvalue weighted by Gasteiger charge is -2.38. The van der Waals surface area contributed by atoms with E-state index in [1.54, 1.807) is 6.07 Å². The molecule has 0 saturated carbocycles.